The van der Waals surface area contributed by atoms with Gasteiger partial charge in [0.25, 0.3) is 5.82 Å². The van der Waals surface area contributed by atoms with E-state index in [0.717, 1.165) is 24.4 Å². The summed E-state index contributed by atoms with van der Waals surface area (Å²) in [6, 6.07) is 17.2. The Labute approximate surface area is 161 Å². The van der Waals surface area contributed by atoms with E-state index in [1.807, 2.05) is 14.0 Å². The highest BCUT2D eigenvalue weighted by atomic mass is 16.5. The normalized spacial score (nSPS) is 13.7. The van der Waals surface area contributed by atoms with Crippen molar-refractivity contribution in [3.63, 3.8) is 0 Å². The van der Waals surface area contributed by atoms with Crippen LogP contribution in [-0.4, -0.2) is 18.2 Å². The minimum atomic E-state index is 0.695. The van der Waals surface area contributed by atoms with Crippen LogP contribution in [-0.2, 0) is 13.0 Å². The molecule has 0 saturated heterocycles. The molecule has 4 rings (SSSR count). The molecule has 0 atom stereocenters. The van der Waals surface area contributed by atoms with Crippen LogP contribution in [0.3, 0.4) is 0 Å². The zero-order chi connectivity index (χ0) is 18.6. The molecule has 0 saturated carbocycles. The highest BCUT2D eigenvalue weighted by molar-refractivity contribution is 5.60. The van der Waals surface area contributed by atoms with Gasteiger partial charge in [-0.1, -0.05) is 0 Å². The lowest BCUT2D eigenvalue weighted by Gasteiger charge is -2.05. The van der Waals surface area contributed by atoms with Gasteiger partial charge in [0.15, 0.2) is 5.69 Å². The van der Waals surface area contributed by atoms with Gasteiger partial charge in [0, 0.05) is 24.7 Å². The Morgan fingerprint density at radius 1 is 1.00 bits per heavy atom. The maximum Gasteiger partial charge on any atom is 0.262 e. The lowest BCUT2D eigenvalue weighted by Crippen LogP contribution is -2.38. The fraction of sp³-hybridized carbons (Fsp3) is 0.348. The lowest BCUT2D eigenvalue weighted by atomic mass is 10.1. The number of nitrogens with zero attached hydrogens (tertiary/aromatic N) is 2. The smallest absolute Gasteiger partial charge is 0.262 e. The Morgan fingerprint density at radius 3 is 2.48 bits per heavy atom. The second-order valence-electron chi connectivity index (χ2n) is 7.02. The van der Waals surface area contributed by atoms with E-state index in [1.165, 1.54) is 42.0 Å². The Hall–Kier alpha value is -2.75. The number of fused-ring (bicyclic) bond motifs is 1. The first-order valence-electron chi connectivity index (χ1n) is 9.95. The summed E-state index contributed by atoms with van der Waals surface area (Å²) < 4.78 is 10.5. The van der Waals surface area contributed by atoms with Crippen molar-refractivity contribution in [2.75, 3.05) is 19.0 Å². The third kappa shape index (κ3) is 3.57. The Kier molecular flexibility index (Phi) is 5.14. The fourth-order valence-electron chi connectivity index (χ4n) is 3.90. The Morgan fingerprint density at radius 2 is 1.78 bits per heavy atom. The number of rotatable bonds is 5. The van der Waals surface area contributed by atoms with Crippen LogP contribution in [0.5, 0.6) is 5.75 Å². The molecule has 1 aromatic heterocycles. The van der Waals surface area contributed by atoms with Crippen molar-refractivity contribution in [2.45, 2.75) is 39.2 Å². The van der Waals surface area contributed by atoms with E-state index in [2.05, 4.69) is 69.2 Å². The van der Waals surface area contributed by atoms with Gasteiger partial charge in [-0.15, -0.1) is 0 Å². The molecule has 0 radical (unpaired) electrons. The molecule has 140 valence electrons. The second-order valence-corrected chi connectivity index (χ2v) is 7.02. The molecule has 27 heavy (non-hydrogen) atoms. The van der Waals surface area contributed by atoms with Gasteiger partial charge in [0.2, 0.25) is 0 Å². The largest absolute Gasteiger partial charge is 0.494 e. The van der Waals surface area contributed by atoms with Crippen molar-refractivity contribution < 1.29 is 9.30 Å². The van der Waals surface area contributed by atoms with Crippen molar-refractivity contribution in [3.05, 3.63) is 60.6 Å². The highest BCUT2D eigenvalue weighted by Crippen LogP contribution is 2.25. The zero-order valence-electron chi connectivity index (χ0n) is 16.2. The van der Waals surface area contributed by atoms with Crippen LogP contribution < -0.4 is 14.6 Å². The minimum Gasteiger partial charge on any atom is -0.494 e. The SMILES string of the molecule is CCOc1ccc(-n2cc(-c3ccc(NC)cc3)[n+]3c2CCCCC3)cc1. The summed E-state index contributed by atoms with van der Waals surface area (Å²) in [5.41, 5.74) is 4.90. The highest BCUT2D eigenvalue weighted by Gasteiger charge is 2.26. The number of imidazole rings is 1. The van der Waals surface area contributed by atoms with Gasteiger partial charge in [-0.3, -0.25) is 0 Å². The minimum absolute atomic E-state index is 0.695. The van der Waals surface area contributed by atoms with Crippen LogP contribution in [0, 0.1) is 0 Å². The average Bonchev–Trinajstić information content (AvgIpc) is 2.90. The standard InChI is InChI=1S/C23H28N3O/c1-3-27-21-14-12-20(13-15-21)26-17-22(18-8-10-19(24-2)11-9-18)25-16-6-4-5-7-23(25)26/h8-15,17,24H,3-7,16H2,1-2H3/q+1. The third-order valence-corrected chi connectivity index (χ3v) is 5.31. The van der Waals surface area contributed by atoms with Gasteiger partial charge >= 0.3 is 0 Å². The molecule has 0 aliphatic carbocycles. The maximum absolute atomic E-state index is 5.61. The van der Waals surface area contributed by atoms with E-state index >= 15 is 0 Å². The molecule has 0 unspecified atom stereocenters. The number of nitrogens with one attached hydrogen (secondary N) is 1. The van der Waals surface area contributed by atoms with Gasteiger partial charge in [0.1, 0.15) is 17.6 Å². The number of benzene rings is 2. The van der Waals surface area contributed by atoms with Crippen molar-refractivity contribution in [2.24, 2.45) is 0 Å². The van der Waals surface area contributed by atoms with Crippen molar-refractivity contribution in [3.8, 4) is 22.7 Å². The van der Waals surface area contributed by atoms with Gasteiger partial charge in [0.05, 0.1) is 13.2 Å². The van der Waals surface area contributed by atoms with Crippen LogP contribution in [0.25, 0.3) is 16.9 Å². The molecule has 0 bridgehead atoms. The quantitative estimate of drug-likeness (QED) is 0.673. The summed E-state index contributed by atoms with van der Waals surface area (Å²) in [6.45, 7) is 3.80. The fourth-order valence-corrected chi connectivity index (χ4v) is 3.90. The van der Waals surface area contributed by atoms with Gasteiger partial charge in [-0.2, -0.15) is 4.57 Å². The number of aromatic nitrogens is 2. The Bertz CT molecular complexity index is 895. The van der Waals surface area contributed by atoms with Crippen LogP contribution in [0.1, 0.15) is 32.0 Å². The molecule has 0 amide bonds. The molecule has 4 nitrogen and oxygen atoms in total. The first kappa shape index (κ1) is 17.7. The number of hydrogen-bond donors (Lipinski definition) is 1. The van der Waals surface area contributed by atoms with Crippen LogP contribution >= 0.6 is 0 Å². The van der Waals surface area contributed by atoms with E-state index in [1.54, 1.807) is 0 Å². The van der Waals surface area contributed by atoms with Crippen molar-refractivity contribution in [1.82, 2.24) is 4.57 Å². The number of anilines is 1. The van der Waals surface area contributed by atoms with Crippen LogP contribution in [0.15, 0.2) is 54.7 Å². The molecular weight excluding hydrogens is 334 g/mol. The first-order valence-corrected chi connectivity index (χ1v) is 9.95. The molecule has 3 aromatic rings. The molecule has 1 aliphatic rings. The molecule has 0 fully saturated rings. The summed E-state index contributed by atoms with van der Waals surface area (Å²) >= 11 is 0. The molecule has 1 aliphatic heterocycles. The molecule has 1 N–H and O–H groups in total. The van der Waals surface area contributed by atoms with Gasteiger partial charge in [-0.05, 0) is 74.7 Å². The second kappa shape index (κ2) is 7.87. The summed E-state index contributed by atoms with van der Waals surface area (Å²) in [5, 5.41) is 3.20. The summed E-state index contributed by atoms with van der Waals surface area (Å²) in [7, 11) is 1.96. The van der Waals surface area contributed by atoms with Crippen LogP contribution in [0.2, 0.25) is 0 Å². The van der Waals surface area contributed by atoms with E-state index < -0.39 is 0 Å². The topological polar surface area (TPSA) is 30.1 Å². The predicted octanol–water partition coefficient (Wildman–Crippen LogP) is 4.60. The van der Waals surface area contributed by atoms with Crippen molar-refractivity contribution in [1.29, 1.82) is 0 Å². The third-order valence-electron chi connectivity index (χ3n) is 5.31. The van der Waals surface area contributed by atoms with Gasteiger partial charge < -0.3 is 10.1 Å². The van der Waals surface area contributed by atoms with E-state index in [-0.39, 0.29) is 0 Å². The molecule has 0 spiro atoms. The average molecular weight is 362 g/mol. The molecular formula is C23H28N3O+. The van der Waals surface area contributed by atoms with E-state index in [9.17, 15) is 0 Å². The zero-order valence-corrected chi connectivity index (χ0v) is 16.2. The lowest BCUT2D eigenvalue weighted by molar-refractivity contribution is -0.692. The maximum atomic E-state index is 5.61. The molecule has 2 aromatic carbocycles. The van der Waals surface area contributed by atoms with Crippen molar-refractivity contribution >= 4 is 5.69 Å². The summed E-state index contributed by atoms with van der Waals surface area (Å²) in [5.74, 6) is 2.32. The van der Waals surface area contributed by atoms with E-state index in [4.69, 9.17) is 4.74 Å². The number of hydrogen-bond acceptors (Lipinski definition) is 2. The Balaban J connectivity index is 1.78. The summed E-state index contributed by atoms with van der Waals surface area (Å²) in [6.07, 6.45) is 7.20. The van der Waals surface area contributed by atoms with Gasteiger partial charge in [-0.25, -0.2) is 4.57 Å². The summed E-state index contributed by atoms with van der Waals surface area (Å²) in [4.78, 5) is 0. The molecule has 2 heterocycles. The first-order chi connectivity index (χ1) is 13.3. The predicted molar refractivity (Wildman–Crippen MR) is 110 cm³/mol. The monoisotopic (exact) mass is 362 g/mol. The number of ether oxygens (including phenoxy) is 1. The van der Waals surface area contributed by atoms with E-state index in [0.29, 0.717) is 6.61 Å². The van der Waals surface area contributed by atoms with Crippen LogP contribution in [0.4, 0.5) is 5.69 Å². The molecule has 4 heteroatoms.